The van der Waals surface area contributed by atoms with Crippen LogP contribution in [0.25, 0.3) is 0 Å². The molecule has 0 unspecified atom stereocenters. The van der Waals surface area contributed by atoms with Gasteiger partial charge in [-0.2, -0.15) is 0 Å². The molecule has 1 nitrogen and oxygen atoms in total. The SMILES string of the molecule is CCCCCNCc1ccc(C)c(C)c1. The van der Waals surface area contributed by atoms with E-state index in [-0.39, 0.29) is 0 Å². The van der Waals surface area contributed by atoms with Gasteiger partial charge in [-0.25, -0.2) is 0 Å². The number of benzene rings is 1. The van der Waals surface area contributed by atoms with E-state index in [1.54, 1.807) is 0 Å². The Kier molecular flexibility index (Phi) is 5.41. The first-order valence-corrected chi connectivity index (χ1v) is 6.01. The smallest absolute Gasteiger partial charge is 0.0205 e. The molecule has 0 fully saturated rings. The van der Waals surface area contributed by atoms with Crippen LogP contribution in [-0.2, 0) is 6.54 Å². The second-order valence-corrected chi connectivity index (χ2v) is 4.30. The minimum Gasteiger partial charge on any atom is -0.313 e. The molecule has 1 N–H and O–H groups in total. The fraction of sp³-hybridized carbons (Fsp3) is 0.571. The zero-order valence-electron chi connectivity index (χ0n) is 10.3. The highest BCUT2D eigenvalue weighted by atomic mass is 14.8. The number of unbranched alkanes of at least 4 members (excludes halogenated alkanes) is 2. The lowest BCUT2D eigenvalue weighted by Gasteiger charge is -2.06. The third-order valence-electron chi connectivity index (χ3n) is 2.86. The average molecular weight is 205 g/mol. The van der Waals surface area contributed by atoms with Crippen molar-refractivity contribution in [2.75, 3.05) is 6.54 Å². The minimum absolute atomic E-state index is 1.00. The number of hydrogen-bond donors (Lipinski definition) is 1. The summed E-state index contributed by atoms with van der Waals surface area (Å²) in [5.41, 5.74) is 4.17. The molecule has 84 valence electrons. The van der Waals surface area contributed by atoms with Crippen molar-refractivity contribution in [3.8, 4) is 0 Å². The summed E-state index contributed by atoms with van der Waals surface area (Å²) in [6, 6.07) is 6.70. The van der Waals surface area contributed by atoms with Gasteiger partial charge in [0.25, 0.3) is 0 Å². The van der Waals surface area contributed by atoms with Gasteiger partial charge in [0.15, 0.2) is 0 Å². The molecule has 1 aromatic carbocycles. The number of nitrogens with one attached hydrogen (secondary N) is 1. The lowest BCUT2D eigenvalue weighted by Crippen LogP contribution is -2.14. The number of rotatable bonds is 6. The van der Waals surface area contributed by atoms with Gasteiger partial charge < -0.3 is 5.32 Å². The van der Waals surface area contributed by atoms with Gasteiger partial charge >= 0.3 is 0 Å². The van der Waals surface area contributed by atoms with Crippen molar-refractivity contribution in [2.24, 2.45) is 0 Å². The highest BCUT2D eigenvalue weighted by Gasteiger charge is 1.95. The summed E-state index contributed by atoms with van der Waals surface area (Å²) in [5.74, 6) is 0. The molecule has 0 aromatic heterocycles. The number of hydrogen-bond acceptors (Lipinski definition) is 1. The molecule has 0 radical (unpaired) electrons. The van der Waals surface area contributed by atoms with Gasteiger partial charge in [-0.3, -0.25) is 0 Å². The molecule has 0 atom stereocenters. The predicted octanol–water partition coefficient (Wildman–Crippen LogP) is 3.58. The molecule has 0 heterocycles. The van der Waals surface area contributed by atoms with E-state index >= 15 is 0 Å². The predicted molar refractivity (Wildman–Crippen MR) is 67.1 cm³/mol. The molecular formula is C14H23N. The highest BCUT2D eigenvalue weighted by Crippen LogP contribution is 2.09. The summed E-state index contributed by atoms with van der Waals surface area (Å²) in [6.45, 7) is 8.72. The lowest BCUT2D eigenvalue weighted by molar-refractivity contribution is 0.616. The maximum absolute atomic E-state index is 3.48. The average Bonchev–Trinajstić information content (AvgIpc) is 2.23. The molecule has 0 aliphatic carbocycles. The standard InChI is InChI=1S/C14H23N/c1-4-5-6-9-15-11-14-8-7-12(2)13(3)10-14/h7-8,10,15H,4-6,9,11H2,1-3H3. The second kappa shape index (κ2) is 6.62. The topological polar surface area (TPSA) is 12.0 Å². The molecule has 0 saturated heterocycles. The van der Waals surface area contributed by atoms with Crippen molar-refractivity contribution < 1.29 is 0 Å². The Morgan fingerprint density at radius 3 is 2.53 bits per heavy atom. The van der Waals surface area contributed by atoms with E-state index in [4.69, 9.17) is 0 Å². The van der Waals surface area contributed by atoms with Crippen molar-refractivity contribution in [3.05, 3.63) is 34.9 Å². The van der Waals surface area contributed by atoms with Gasteiger partial charge in [-0.1, -0.05) is 38.0 Å². The Labute approximate surface area is 93.9 Å². The van der Waals surface area contributed by atoms with E-state index in [0.29, 0.717) is 0 Å². The van der Waals surface area contributed by atoms with Gasteiger partial charge in [-0.15, -0.1) is 0 Å². The Morgan fingerprint density at radius 2 is 1.87 bits per heavy atom. The largest absolute Gasteiger partial charge is 0.313 e. The fourth-order valence-corrected chi connectivity index (χ4v) is 1.65. The number of aryl methyl sites for hydroxylation is 2. The highest BCUT2D eigenvalue weighted by molar-refractivity contribution is 5.29. The van der Waals surface area contributed by atoms with Crippen LogP contribution in [0.15, 0.2) is 18.2 Å². The van der Waals surface area contributed by atoms with E-state index in [9.17, 15) is 0 Å². The Hall–Kier alpha value is -0.820. The normalized spacial score (nSPS) is 10.6. The van der Waals surface area contributed by atoms with Gasteiger partial charge in [0.05, 0.1) is 0 Å². The Balaban J connectivity index is 2.28. The minimum atomic E-state index is 1.00. The summed E-state index contributed by atoms with van der Waals surface area (Å²) in [6.07, 6.45) is 3.92. The molecule has 0 bridgehead atoms. The Bertz CT molecular complexity index is 291. The van der Waals surface area contributed by atoms with Gasteiger partial charge in [0.1, 0.15) is 0 Å². The lowest BCUT2D eigenvalue weighted by atomic mass is 10.1. The van der Waals surface area contributed by atoms with Gasteiger partial charge in [-0.05, 0) is 43.5 Å². The van der Waals surface area contributed by atoms with Crippen molar-refractivity contribution >= 4 is 0 Å². The van der Waals surface area contributed by atoms with Crippen LogP contribution >= 0.6 is 0 Å². The molecule has 0 aliphatic rings. The molecular weight excluding hydrogens is 182 g/mol. The zero-order valence-corrected chi connectivity index (χ0v) is 10.3. The molecule has 0 aliphatic heterocycles. The maximum atomic E-state index is 3.48. The van der Waals surface area contributed by atoms with Crippen LogP contribution in [0.1, 0.15) is 42.9 Å². The van der Waals surface area contributed by atoms with Crippen LogP contribution in [0.5, 0.6) is 0 Å². The van der Waals surface area contributed by atoms with E-state index in [0.717, 1.165) is 13.1 Å². The quantitative estimate of drug-likeness (QED) is 0.700. The molecule has 0 amide bonds. The van der Waals surface area contributed by atoms with E-state index in [2.05, 4.69) is 44.3 Å². The van der Waals surface area contributed by atoms with Crippen LogP contribution < -0.4 is 5.32 Å². The van der Waals surface area contributed by atoms with Crippen LogP contribution in [0.4, 0.5) is 0 Å². The first-order valence-electron chi connectivity index (χ1n) is 6.01. The summed E-state index contributed by atoms with van der Waals surface area (Å²) < 4.78 is 0. The molecule has 1 aromatic rings. The third kappa shape index (κ3) is 4.48. The van der Waals surface area contributed by atoms with Crippen LogP contribution in [0.3, 0.4) is 0 Å². The van der Waals surface area contributed by atoms with Gasteiger partial charge in [0, 0.05) is 6.54 Å². The van der Waals surface area contributed by atoms with E-state index in [1.807, 2.05) is 0 Å². The third-order valence-corrected chi connectivity index (χ3v) is 2.86. The van der Waals surface area contributed by atoms with Crippen LogP contribution in [0, 0.1) is 13.8 Å². The van der Waals surface area contributed by atoms with Crippen molar-refractivity contribution in [2.45, 2.75) is 46.6 Å². The maximum Gasteiger partial charge on any atom is 0.0205 e. The molecule has 0 spiro atoms. The van der Waals surface area contributed by atoms with Crippen molar-refractivity contribution in [1.82, 2.24) is 5.32 Å². The zero-order chi connectivity index (χ0) is 11.1. The second-order valence-electron chi connectivity index (χ2n) is 4.30. The summed E-state index contributed by atoms with van der Waals surface area (Å²) in [4.78, 5) is 0. The molecule has 1 heteroatoms. The summed E-state index contributed by atoms with van der Waals surface area (Å²) in [5, 5.41) is 3.48. The van der Waals surface area contributed by atoms with E-state index in [1.165, 1.54) is 36.0 Å². The van der Waals surface area contributed by atoms with Gasteiger partial charge in [0.2, 0.25) is 0 Å². The van der Waals surface area contributed by atoms with Crippen molar-refractivity contribution in [3.63, 3.8) is 0 Å². The monoisotopic (exact) mass is 205 g/mol. The molecule has 15 heavy (non-hydrogen) atoms. The van der Waals surface area contributed by atoms with Crippen LogP contribution in [-0.4, -0.2) is 6.54 Å². The fourth-order valence-electron chi connectivity index (χ4n) is 1.65. The molecule has 0 saturated carbocycles. The first kappa shape index (κ1) is 12.3. The van der Waals surface area contributed by atoms with Crippen LogP contribution in [0.2, 0.25) is 0 Å². The summed E-state index contributed by atoms with van der Waals surface area (Å²) in [7, 11) is 0. The first-order chi connectivity index (χ1) is 7.24. The molecule has 1 rings (SSSR count). The summed E-state index contributed by atoms with van der Waals surface area (Å²) >= 11 is 0. The van der Waals surface area contributed by atoms with E-state index < -0.39 is 0 Å². The Morgan fingerprint density at radius 1 is 1.07 bits per heavy atom. The van der Waals surface area contributed by atoms with Crippen molar-refractivity contribution in [1.29, 1.82) is 0 Å².